The number of likely N-dealkylation sites (tertiary alicyclic amines) is 1. The van der Waals surface area contributed by atoms with Crippen LogP contribution in [0.4, 0.5) is 0 Å². The minimum Gasteiger partial charge on any atom is -0.343 e. The van der Waals surface area contributed by atoms with Gasteiger partial charge in [-0.25, -0.2) is 4.57 Å². The normalized spacial score (nSPS) is 20.3. The van der Waals surface area contributed by atoms with Crippen molar-refractivity contribution < 1.29 is 23.7 Å². The number of carbonyl (C=O) groups is 1. The lowest BCUT2D eigenvalue weighted by atomic mass is 10.4. The summed E-state index contributed by atoms with van der Waals surface area (Å²) in [7, 11) is -2.93. The van der Waals surface area contributed by atoms with Gasteiger partial charge in [-0.05, 0) is 0 Å². The van der Waals surface area contributed by atoms with Gasteiger partial charge in [0.1, 0.15) is 0 Å². The van der Waals surface area contributed by atoms with E-state index in [4.69, 9.17) is 15.2 Å². The van der Waals surface area contributed by atoms with Crippen LogP contribution < -0.4 is 0 Å². The van der Waals surface area contributed by atoms with E-state index >= 15 is 0 Å². The highest BCUT2D eigenvalue weighted by Gasteiger charge is 2.31. The lowest BCUT2D eigenvalue weighted by Crippen LogP contribution is -2.43. The van der Waals surface area contributed by atoms with Gasteiger partial charge in [-0.2, -0.15) is 0 Å². The molecule has 8 nitrogen and oxygen atoms in total. The molecule has 104 valence electrons. The molecule has 0 bridgehead atoms. The summed E-state index contributed by atoms with van der Waals surface area (Å²) in [6, 6.07) is 0. The highest BCUT2D eigenvalue weighted by Crippen LogP contribution is 2.35. The summed E-state index contributed by atoms with van der Waals surface area (Å²) >= 11 is 3.31. The molecule has 1 aliphatic heterocycles. The number of phosphoric ester groups is 1. The van der Waals surface area contributed by atoms with Crippen LogP contribution in [0.3, 0.4) is 0 Å². The predicted octanol–water partition coefficient (Wildman–Crippen LogP) is -0.0419. The first-order valence-corrected chi connectivity index (χ1v) is 7.59. The molecule has 1 unspecified atom stereocenters. The summed E-state index contributed by atoms with van der Waals surface area (Å²) in [5.41, 5.74) is 0. The van der Waals surface area contributed by atoms with Crippen LogP contribution >= 0.6 is 23.8 Å². The van der Waals surface area contributed by atoms with Gasteiger partial charge in [0.25, 0.3) is 0 Å². The highest BCUT2D eigenvalue weighted by atomic mass is 79.9. The molecule has 1 rings (SSSR count). The molecule has 1 saturated heterocycles. The number of hydrogen-bond acceptors (Lipinski definition) is 4. The third-order valence-corrected chi connectivity index (χ3v) is 3.51. The number of amides is 1. The van der Waals surface area contributed by atoms with Gasteiger partial charge in [-0.1, -0.05) is 15.9 Å². The Morgan fingerprint density at radius 1 is 1.72 bits per heavy atom. The molecule has 10 heteroatoms. The fraction of sp³-hybridized carbons (Fsp3) is 0.750. The van der Waals surface area contributed by atoms with Gasteiger partial charge >= 0.3 is 7.82 Å². The van der Waals surface area contributed by atoms with E-state index < -0.39 is 7.82 Å². The summed E-state index contributed by atoms with van der Waals surface area (Å²) in [5, 5.41) is 7.81. The number of rotatable bonds is 4. The number of guanidine groups is 1. The zero-order valence-electron chi connectivity index (χ0n) is 9.74. The first-order valence-electron chi connectivity index (χ1n) is 5.15. The molecule has 18 heavy (non-hydrogen) atoms. The predicted molar refractivity (Wildman–Crippen MR) is 67.4 cm³/mol. The van der Waals surface area contributed by atoms with Crippen molar-refractivity contribution in [2.45, 2.75) is 11.2 Å². The fourth-order valence-corrected chi connectivity index (χ4v) is 2.36. The van der Waals surface area contributed by atoms with Gasteiger partial charge in [-0.15, -0.1) is 0 Å². The summed E-state index contributed by atoms with van der Waals surface area (Å²) in [6.45, 7) is 0.310. The third kappa shape index (κ3) is 4.66. The Hall–Kier alpha value is -0.470. The number of carbonyl (C=O) groups excluding carboxylic acids is 1. The molecule has 0 aromatic carbocycles. The van der Waals surface area contributed by atoms with Gasteiger partial charge in [0.2, 0.25) is 5.91 Å². The lowest BCUT2D eigenvalue weighted by Gasteiger charge is -2.26. The van der Waals surface area contributed by atoms with Crippen LogP contribution in [0.25, 0.3) is 0 Å². The van der Waals surface area contributed by atoms with E-state index in [9.17, 15) is 9.36 Å². The monoisotopic (exact) mass is 343 g/mol. The second-order valence-corrected chi connectivity index (χ2v) is 6.41. The second-order valence-electron chi connectivity index (χ2n) is 3.87. The van der Waals surface area contributed by atoms with Crippen LogP contribution in [0.1, 0.15) is 6.42 Å². The fourth-order valence-electron chi connectivity index (χ4n) is 1.48. The Bertz CT molecular complexity index is 387. The number of nitrogens with one attached hydrogen (secondary N) is 1. The second kappa shape index (κ2) is 6.12. The third-order valence-electron chi connectivity index (χ3n) is 2.38. The van der Waals surface area contributed by atoms with Crippen molar-refractivity contribution in [3.8, 4) is 0 Å². The molecule has 3 N–H and O–H groups in total. The molecule has 0 spiro atoms. The maximum Gasteiger partial charge on any atom is 0.469 e. The number of likely N-dealkylation sites (N-methyl/N-ethyl adjacent to an activating group) is 1. The number of phosphoric acid groups is 1. The summed E-state index contributed by atoms with van der Waals surface area (Å²) in [4.78, 5) is 31.3. The average Bonchev–Trinajstić information content (AvgIpc) is 2.54. The molecule has 0 aromatic heterocycles. The van der Waals surface area contributed by atoms with Gasteiger partial charge < -0.3 is 14.7 Å². The van der Waals surface area contributed by atoms with E-state index in [0.717, 1.165) is 0 Å². The van der Waals surface area contributed by atoms with Crippen molar-refractivity contribution in [1.29, 1.82) is 5.41 Å². The molecular formula is C8H15BrN3O5P. The number of halogens is 1. The molecule has 0 saturated carbocycles. The standard InChI is InChI=1S/C8H15BrN3O5P/c1-11(2-3-17-18(14,15)16)8(10)12-5-6(9)4-7(12)13/h6,10H,2-5H2,1H3,(H2,14,15,16). The van der Waals surface area contributed by atoms with Gasteiger partial charge in [-0.3, -0.25) is 19.6 Å². The molecule has 1 amide bonds. The van der Waals surface area contributed by atoms with E-state index in [1.165, 1.54) is 9.80 Å². The van der Waals surface area contributed by atoms with E-state index in [-0.39, 0.29) is 29.8 Å². The van der Waals surface area contributed by atoms with Gasteiger partial charge in [0.15, 0.2) is 5.96 Å². The average molecular weight is 344 g/mol. The van der Waals surface area contributed by atoms with Crippen LogP contribution in [0.15, 0.2) is 0 Å². The van der Waals surface area contributed by atoms with Crippen LogP contribution in [0.2, 0.25) is 0 Å². The van der Waals surface area contributed by atoms with Crippen molar-refractivity contribution in [2.75, 3.05) is 26.7 Å². The smallest absolute Gasteiger partial charge is 0.343 e. The number of nitrogens with zero attached hydrogens (tertiary/aromatic N) is 2. The van der Waals surface area contributed by atoms with Crippen molar-refractivity contribution in [2.24, 2.45) is 0 Å². The molecular weight excluding hydrogens is 329 g/mol. The van der Waals surface area contributed by atoms with Crippen LogP contribution in [0.5, 0.6) is 0 Å². The van der Waals surface area contributed by atoms with E-state index in [1.54, 1.807) is 7.05 Å². The largest absolute Gasteiger partial charge is 0.469 e. The van der Waals surface area contributed by atoms with E-state index in [2.05, 4.69) is 20.5 Å². The summed E-state index contributed by atoms with van der Waals surface area (Å²) in [6.07, 6.45) is 0.342. The molecule has 0 radical (unpaired) electrons. The maximum absolute atomic E-state index is 11.5. The Morgan fingerprint density at radius 3 is 2.78 bits per heavy atom. The van der Waals surface area contributed by atoms with Crippen molar-refractivity contribution in [3.63, 3.8) is 0 Å². The van der Waals surface area contributed by atoms with Crippen LogP contribution in [-0.4, -0.2) is 63.0 Å². The van der Waals surface area contributed by atoms with Crippen LogP contribution in [-0.2, 0) is 13.9 Å². The molecule has 1 atom stereocenters. The first kappa shape index (κ1) is 15.6. The minimum atomic E-state index is -4.48. The molecule has 1 fully saturated rings. The Kier molecular flexibility index (Phi) is 5.30. The van der Waals surface area contributed by atoms with E-state index in [1.807, 2.05) is 0 Å². The quantitative estimate of drug-likeness (QED) is 0.285. The molecule has 1 aliphatic rings. The number of alkyl halides is 1. The molecule has 1 heterocycles. The van der Waals surface area contributed by atoms with Gasteiger partial charge in [0, 0.05) is 31.4 Å². The number of hydrogen-bond donors (Lipinski definition) is 3. The topological polar surface area (TPSA) is 114 Å². The van der Waals surface area contributed by atoms with Crippen LogP contribution in [0, 0.1) is 5.41 Å². The first-order chi connectivity index (χ1) is 8.20. The Labute approximate surface area is 113 Å². The zero-order valence-corrected chi connectivity index (χ0v) is 12.2. The highest BCUT2D eigenvalue weighted by molar-refractivity contribution is 9.09. The molecule has 0 aliphatic carbocycles. The van der Waals surface area contributed by atoms with Crippen molar-refractivity contribution in [1.82, 2.24) is 9.80 Å². The minimum absolute atomic E-state index is 0.00346. The van der Waals surface area contributed by atoms with Gasteiger partial charge in [0.05, 0.1) is 6.61 Å². The SMILES string of the molecule is CN(CCOP(=O)(O)O)C(=N)N1CC(Br)CC1=O. The maximum atomic E-state index is 11.5. The Balaban J connectivity index is 2.42. The lowest BCUT2D eigenvalue weighted by molar-refractivity contribution is -0.124. The summed E-state index contributed by atoms with van der Waals surface area (Å²) in [5.74, 6) is -0.152. The molecule has 0 aromatic rings. The summed E-state index contributed by atoms with van der Waals surface area (Å²) < 4.78 is 14.7. The zero-order chi connectivity index (χ0) is 13.9. The van der Waals surface area contributed by atoms with Crippen molar-refractivity contribution >= 4 is 35.6 Å². The van der Waals surface area contributed by atoms with Crippen molar-refractivity contribution in [3.05, 3.63) is 0 Å². The Morgan fingerprint density at radius 2 is 2.33 bits per heavy atom. The van der Waals surface area contributed by atoms with E-state index in [0.29, 0.717) is 13.0 Å².